The van der Waals surface area contributed by atoms with Crippen molar-refractivity contribution in [3.05, 3.63) is 24.6 Å². The predicted molar refractivity (Wildman–Crippen MR) is 139 cm³/mol. The molecule has 0 aromatic carbocycles. The Morgan fingerprint density at radius 2 is 1.36 bits per heavy atom. The summed E-state index contributed by atoms with van der Waals surface area (Å²) >= 11 is 0. The first-order valence-electron chi connectivity index (χ1n) is 13.8. The van der Waals surface area contributed by atoms with E-state index in [1.165, 1.54) is 109 Å². The van der Waals surface area contributed by atoms with E-state index < -0.39 is 5.97 Å². The number of hydrogen-bond acceptors (Lipinski definition) is 4. The Kier molecular flexibility index (Phi) is 17.9. The number of aliphatic imine (C=N–C) groups is 1. The molecule has 33 heavy (non-hydrogen) atoms. The van der Waals surface area contributed by atoms with Crippen molar-refractivity contribution in [3.8, 4) is 0 Å². The van der Waals surface area contributed by atoms with Gasteiger partial charge in [-0.25, -0.2) is 4.48 Å². The Bertz CT molecular complexity index is 586. The Morgan fingerprint density at radius 3 is 1.82 bits per heavy atom. The number of allylic oxidation sites excluding steroid dienone is 1. The molecule has 1 atom stereocenters. The van der Waals surface area contributed by atoms with Crippen molar-refractivity contribution in [2.45, 2.75) is 122 Å². The highest BCUT2D eigenvalue weighted by Gasteiger charge is 2.33. The van der Waals surface area contributed by atoms with Crippen molar-refractivity contribution in [3.63, 3.8) is 0 Å². The van der Waals surface area contributed by atoms with Gasteiger partial charge in [0.2, 0.25) is 5.84 Å². The van der Waals surface area contributed by atoms with Crippen LogP contribution >= 0.6 is 0 Å². The lowest BCUT2D eigenvalue weighted by Crippen LogP contribution is -2.54. The first-order valence-corrected chi connectivity index (χ1v) is 13.8. The van der Waals surface area contributed by atoms with Crippen LogP contribution in [0, 0.1) is 0 Å². The number of carbonyl (C=O) groups is 1. The van der Waals surface area contributed by atoms with Gasteiger partial charge in [-0.2, -0.15) is 4.99 Å². The maximum absolute atomic E-state index is 11.2. The van der Waals surface area contributed by atoms with Crippen LogP contribution in [0.1, 0.15) is 122 Å². The van der Waals surface area contributed by atoms with Gasteiger partial charge in [0, 0.05) is 12.6 Å². The lowest BCUT2D eigenvalue weighted by Gasteiger charge is -2.31. The van der Waals surface area contributed by atoms with Gasteiger partial charge in [-0.1, -0.05) is 116 Å². The second-order valence-corrected chi connectivity index (χ2v) is 9.71. The Hall–Kier alpha value is -1.46. The highest BCUT2D eigenvalue weighted by atomic mass is 16.4. The zero-order valence-corrected chi connectivity index (χ0v) is 21.4. The summed E-state index contributed by atoms with van der Waals surface area (Å²) in [6.45, 7) is 3.09. The Morgan fingerprint density at radius 1 is 0.879 bits per heavy atom. The van der Waals surface area contributed by atoms with Crippen LogP contribution in [0.25, 0.3) is 0 Å². The number of carboxylic acid groups (broad SMARTS) is 1. The standard InChI is InChI=1S/C28H51N3O2/c1-2-3-4-5-6-7-8-9-10-11-12-13-14-15-16-17-18-19-20-21-27-30-23-25-31(27,24-22-29)26-28(32)33/h20-21,23,25H,2-19,22,24,26,29H2,1H3/b21-20+. The zero-order valence-electron chi connectivity index (χ0n) is 21.4. The van der Waals surface area contributed by atoms with Crippen molar-refractivity contribution in [1.29, 1.82) is 0 Å². The summed E-state index contributed by atoms with van der Waals surface area (Å²) in [5, 5.41) is 11.2. The Labute approximate surface area is 203 Å². The van der Waals surface area contributed by atoms with Crippen molar-refractivity contribution < 1.29 is 14.4 Å². The number of unbranched alkanes of at least 4 members (excludes halogenated alkanes) is 17. The topological polar surface area (TPSA) is 78.5 Å². The number of carbonyl (C=O) groups excluding carboxylic acids is 1. The average Bonchev–Trinajstić information content (AvgIpc) is 3.16. The second kappa shape index (κ2) is 20.0. The number of nitrogens with two attached hydrogens (primary N) is 1. The fraction of sp³-hybridized carbons (Fsp3) is 0.786. The van der Waals surface area contributed by atoms with Gasteiger partial charge in [-0.3, -0.25) is 0 Å². The van der Waals surface area contributed by atoms with E-state index in [-0.39, 0.29) is 11.0 Å². The van der Waals surface area contributed by atoms with Crippen LogP contribution in [0.2, 0.25) is 0 Å². The molecular weight excluding hydrogens is 410 g/mol. The molecule has 190 valence electrons. The molecular formula is C28H51N3O2. The monoisotopic (exact) mass is 461 g/mol. The zero-order chi connectivity index (χ0) is 24.0. The van der Waals surface area contributed by atoms with E-state index in [9.17, 15) is 9.90 Å². The van der Waals surface area contributed by atoms with Crippen molar-refractivity contribution >= 4 is 11.8 Å². The Balaban J connectivity index is 1.94. The molecule has 0 aromatic rings. The van der Waals surface area contributed by atoms with Crippen LogP contribution in [-0.2, 0) is 4.79 Å². The first-order chi connectivity index (χ1) is 16.1. The summed E-state index contributed by atoms with van der Waals surface area (Å²) in [6.07, 6.45) is 32.1. The minimum Gasteiger partial charge on any atom is -0.544 e. The van der Waals surface area contributed by atoms with E-state index in [4.69, 9.17) is 5.73 Å². The minimum atomic E-state index is -1.08. The van der Waals surface area contributed by atoms with Gasteiger partial charge < -0.3 is 15.6 Å². The molecule has 1 rings (SSSR count). The summed E-state index contributed by atoms with van der Waals surface area (Å²) in [4.78, 5) is 15.5. The van der Waals surface area contributed by atoms with Crippen LogP contribution < -0.4 is 10.8 Å². The van der Waals surface area contributed by atoms with Crippen LogP contribution in [-0.4, -0.2) is 35.9 Å². The maximum Gasteiger partial charge on any atom is 0.232 e. The second-order valence-electron chi connectivity index (χ2n) is 9.71. The summed E-state index contributed by atoms with van der Waals surface area (Å²) in [5.74, 6) is -0.333. The smallest absolute Gasteiger partial charge is 0.232 e. The fourth-order valence-electron chi connectivity index (χ4n) is 4.66. The molecule has 0 saturated heterocycles. The third-order valence-corrected chi connectivity index (χ3v) is 6.70. The molecule has 1 aliphatic heterocycles. The highest BCUT2D eigenvalue weighted by molar-refractivity contribution is 5.90. The van der Waals surface area contributed by atoms with Gasteiger partial charge in [-0.05, 0) is 12.8 Å². The third-order valence-electron chi connectivity index (χ3n) is 6.70. The SMILES string of the molecule is CCCCCCCCCCCCCCCCCCC/C=C/C1=NC=C[N+]1(CCN)CC(=O)[O-]. The molecule has 1 heterocycles. The number of hydrogen-bond donors (Lipinski definition) is 1. The van der Waals surface area contributed by atoms with E-state index in [1.807, 2.05) is 6.08 Å². The highest BCUT2D eigenvalue weighted by Crippen LogP contribution is 2.18. The largest absolute Gasteiger partial charge is 0.544 e. The molecule has 5 heteroatoms. The number of carboxylic acids is 1. The molecule has 0 fully saturated rings. The minimum absolute atomic E-state index is 0.115. The molecule has 5 nitrogen and oxygen atoms in total. The number of amidine groups is 1. The fourth-order valence-corrected chi connectivity index (χ4v) is 4.66. The number of rotatable bonds is 23. The first kappa shape index (κ1) is 29.6. The van der Waals surface area contributed by atoms with Gasteiger partial charge in [0.05, 0.1) is 12.2 Å². The number of aliphatic carboxylic acids is 1. The van der Waals surface area contributed by atoms with Crippen molar-refractivity contribution in [1.82, 2.24) is 0 Å². The lowest BCUT2D eigenvalue weighted by molar-refractivity contribution is -0.778. The van der Waals surface area contributed by atoms with Crippen LogP contribution in [0.4, 0.5) is 0 Å². The van der Waals surface area contributed by atoms with E-state index in [0.717, 1.165) is 12.3 Å². The third kappa shape index (κ3) is 14.4. The summed E-state index contributed by atoms with van der Waals surface area (Å²) < 4.78 is 0.161. The van der Waals surface area contributed by atoms with Gasteiger partial charge in [0.25, 0.3) is 0 Å². The summed E-state index contributed by atoms with van der Waals surface area (Å²) in [7, 11) is 0. The molecule has 1 unspecified atom stereocenters. The summed E-state index contributed by atoms with van der Waals surface area (Å²) in [6, 6.07) is 0. The molecule has 0 bridgehead atoms. The number of nitrogens with zero attached hydrogens (tertiary/aromatic N) is 2. The predicted octanol–water partition coefficient (Wildman–Crippen LogP) is 5.99. The van der Waals surface area contributed by atoms with E-state index in [2.05, 4.69) is 18.0 Å². The lowest BCUT2D eigenvalue weighted by atomic mass is 10.0. The van der Waals surface area contributed by atoms with Gasteiger partial charge in [-0.15, -0.1) is 0 Å². The van der Waals surface area contributed by atoms with Crippen LogP contribution in [0.3, 0.4) is 0 Å². The number of quaternary nitrogens is 1. The molecule has 0 saturated carbocycles. The van der Waals surface area contributed by atoms with E-state index in [1.54, 1.807) is 12.4 Å². The quantitative estimate of drug-likeness (QED) is 0.150. The van der Waals surface area contributed by atoms with Crippen LogP contribution in [0.5, 0.6) is 0 Å². The van der Waals surface area contributed by atoms with E-state index in [0.29, 0.717) is 13.1 Å². The van der Waals surface area contributed by atoms with Crippen molar-refractivity contribution in [2.24, 2.45) is 10.7 Å². The molecule has 0 aromatic heterocycles. The molecule has 0 spiro atoms. The van der Waals surface area contributed by atoms with Gasteiger partial charge in [0.1, 0.15) is 19.3 Å². The molecule has 0 amide bonds. The van der Waals surface area contributed by atoms with Gasteiger partial charge >= 0.3 is 0 Å². The molecule has 2 N–H and O–H groups in total. The van der Waals surface area contributed by atoms with Crippen LogP contribution in [0.15, 0.2) is 29.5 Å². The van der Waals surface area contributed by atoms with Crippen molar-refractivity contribution in [2.75, 3.05) is 19.6 Å². The molecule has 0 radical (unpaired) electrons. The normalized spacial score (nSPS) is 17.8. The molecule has 0 aliphatic carbocycles. The van der Waals surface area contributed by atoms with E-state index >= 15 is 0 Å². The van der Waals surface area contributed by atoms with Gasteiger partial charge in [0.15, 0.2) is 0 Å². The molecule has 1 aliphatic rings. The average molecular weight is 462 g/mol. The maximum atomic E-state index is 11.2. The summed E-state index contributed by atoms with van der Waals surface area (Å²) in [5.41, 5.74) is 5.69.